The number of hydrogen-bond acceptors (Lipinski definition) is 4. The lowest BCUT2D eigenvalue weighted by Gasteiger charge is -2.34. The number of furan rings is 1. The molecule has 1 fully saturated rings. The number of piperazine rings is 1. The van der Waals surface area contributed by atoms with E-state index in [0.29, 0.717) is 5.69 Å². The van der Waals surface area contributed by atoms with E-state index in [4.69, 9.17) is 4.42 Å². The van der Waals surface area contributed by atoms with Gasteiger partial charge >= 0.3 is 12.2 Å². The van der Waals surface area contributed by atoms with Crippen LogP contribution in [0, 0.1) is 0 Å². The largest absolute Gasteiger partial charge is 0.459 e. The highest BCUT2D eigenvalue weighted by atomic mass is 19.4. The van der Waals surface area contributed by atoms with E-state index >= 15 is 0 Å². The van der Waals surface area contributed by atoms with Gasteiger partial charge in [-0.2, -0.15) is 13.2 Å². The van der Waals surface area contributed by atoms with E-state index in [2.05, 4.69) is 5.32 Å². The summed E-state index contributed by atoms with van der Waals surface area (Å²) in [5.74, 6) is -0.0765. The monoisotopic (exact) mass is 410 g/mol. The predicted molar refractivity (Wildman–Crippen MR) is 101 cm³/mol. The lowest BCUT2D eigenvalue weighted by molar-refractivity contribution is -0.136. The number of nitrogens with zero attached hydrogens (tertiary/aromatic N) is 3. The first-order valence-corrected chi connectivity index (χ1v) is 8.94. The first-order valence-electron chi connectivity index (χ1n) is 8.94. The standard InChI is InChI=1S/C19H21F3N4O3/c1-24(2)13-5-6-15(14(12-13)19(20,21)22)23-18(28)26-9-7-25(8-10-26)17(27)16-4-3-11-29-16/h3-6,11-12H,7-10H2,1-2H3,(H,23,28). The highest BCUT2D eigenvalue weighted by Crippen LogP contribution is 2.37. The van der Waals surface area contributed by atoms with Gasteiger partial charge in [-0.1, -0.05) is 0 Å². The normalized spacial score (nSPS) is 14.7. The molecule has 1 N–H and O–H groups in total. The SMILES string of the molecule is CN(C)c1ccc(NC(=O)N2CCN(C(=O)c3ccco3)CC2)c(C(F)(F)F)c1. The van der Waals surface area contributed by atoms with Crippen LogP contribution in [0.1, 0.15) is 16.1 Å². The predicted octanol–water partition coefficient (Wildman–Crippen LogP) is 3.35. The Morgan fingerprint density at radius 1 is 1.07 bits per heavy atom. The number of anilines is 2. The van der Waals surface area contributed by atoms with Crippen LogP contribution in [-0.2, 0) is 6.18 Å². The Hall–Kier alpha value is -3.17. The van der Waals surface area contributed by atoms with Crippen LogP contribution in [0.2, 0.25) is 0 Å². The fraction of sp³-hybridized carbons (Fsp3) is 0.368. The van der Waals surface area contributed by atoms with E-state index in [1.54, 1.807) is 31.1 Å². The van der Waals surface area contributed by atoms with Crippen molar-refractivity contribution in [1.82, 2.24) is 9.80 Å². The molecule has 10 heteroatoms. The average Bonchev–Trinajstić information content (AvgIpc) is 3.21. The Morgan fingerprint density at radius 2 is 1.72 bits per heavy atom. The van der Waals surface area contributed by atoms with Gasteiger partial charge in [-0.15, -0.1) is 0 Å². The van der Waals surface area contributed by atoms with Gasteiger partial charge in [0.05, 0.1) is 17.5 Å². The molecule has 1 aliphatic heterocycles. The molecular weight excluding hydrogens is 389 g/mol. The number of halogens is 3. The number of hydrogen-bond donors (Lipinski definition) is 1. The molecule has 0 radical (unpaired) electrons. The zero-order valence-electron chi connectivity index (χ0n) is 16.0. The number of benzene rings is 1. The van der Waals surface area contributed by atoms with Crippen LogP contribution in [0.5, 0.6) is 0 Å². The van der Waals surface area contributed by atoms with Gasteiger partial charge in [-0.25, -0.2) is 4.79 Å². The highest BCUT2D eigenvalue weighted by molar-refractivity contribution is 5.93. The number of carbonyl (C=O) groups excluding carboxylic acids is 2. The smallest absolute Gasteiger partial charge is 0.418 e. The van der Waals surface area contributed by atoms with Gasteiger partial charge < -0.3 is 24.4 Å². The zero-order chi connectivity index (χ0) is 21.2. The van der Waals surface area contributed by atoms with Crippen LogP contribution in [0.4, 0.5) is 29.3 Å². The summed E-state index contributed by atoms with van der Waals surface area (Å²) < 4.78 is 45.3. The van der Waals surface area contributed by atoms with Crippen molar-refractivity contribution in [3.63, 3.8) is 0 Å². The van der Waals surface area contributed by atoms with Crippen molar-refractivity contribution in [3.8, 4) is 0 Å². The van der Waals surface area contributed by atoms with E-state index in [-0.39, 0.29) is 43.5 Å². The summed E-state index contributed by atoms with van der Waals surface area (Å²) in [7, 11) is 3.27. The molecule has 3 rings (SSSR count). The third-order valence-electron chi connectivity index (χ3n) is 4.65. The lowest BCUT2D eigenvalue weighted by Crippen LogP contribution is -2.51. The second-order valence-corrected chi connectivity index (χ2v) is 6.81. The van der Waals surface area contributed by atoms with E-state index in [9.17, 15) is 22.8 Å². The van der Waals surface area contributed by atoms with E-state index in [0.717, 1.165) is 6.07 Å². The summed E-state index contributed by atoms with van der Waals surface area (Å²) in [6.45, 7) is 0.933. The molecular formula is C19H21F3N4O3. The van der Waals surface area contributed by atoms with Crippen molar-refractivity contribution >= 4 is 23.3 Å². The van der Waals surface area contributed by atoms with E-state index in [1.807, 2.05) is 0 Å². The van der Waals surface area contributed by atoms with Crippen molar-refractivity contribution in [2.24, 2.45) is 0 Å². The zero-order valence-corrected chi connectivity index (χ0v) is 16.0. The Labute approximate surface area is 165 Å². The average molecular weight is 410 g/mol. The molecule has 1 aromatic carbocycles. The van der Waals surface area contributed by atoms with E-state index < -0.39 is 17.8 Å². The molecule has 1 aliphatic rings. The fourth-order valence-electron chi connectivity index (χ4n) is 3.02. The number of alkyl halides is 3. The molecule has 1 saturated heterocycles. The Bertz CT molecular complexity index is 873. The summed E-state index contributed by atoms with van der Waals surface area (Å²) in [5, 5.41) is 2.35. The van der Waals surface area contributed by atoms with Gasteiger partial charge in [0.15, 0.2) is 5.76 Å². The molecule has 0 bridgehead atoms. The highest BCUT2D eigenvalue weighted by Gasteiger charge is 2.35. The van der Waals surface area contributed by atoms with Crippen molar-refractivity contribution in [2.45, 2.75) is 6.18 Å². The molecule has 3 amide bonds. The summed E-state index contributed by atoms with van der Waals surface area (Å²) in [6, 6.07) is 6.26. The van der Waals surface area contributed by atoms with Gasteiger partial charge in [0.1, 0.15) is 0 Å². The first kappa shape index (κ1) is 20.6. The first-order chi connectivity index (χ1) is 13.7. The Kier molecular flexibility index (Phi) is 5.71. The number of nitrogens with one attached hydrogen (secondary N) is 1. The molecule has 0 atom stereocenters. The lowest BCUT2D eigenvalue weighted by atomic mass is 10.1. The minimum absolute atomic E-state index is 0.204. The van der Waals surface area contributed by atoms with Crippen molar-refractivity contribution in [3.05, 3.63) is 47.9 Å². The topological polar surface area (TPSA) is 69.0 Å². The van der Waals surface area contributed by atoms with Crippen LogP contribution in [0.3, 0.4) is 0 Å². The van der Waals surface area contributed by atoms with Crippen LogP contribution in [-0.4, -0.2) is 62.0 Å². The molecule has 0 spiro atoms. The maximum atomic E-state index is 13.4. The molecule has 1 aromatic heterocycles. The van der Waals surface area contributed by atoms with Crippen molar-refractivity contribution in [2.75, 3.05) is 50.5 Å². The van der Waals surface area contributed by atoms with Gasteiger partial charge in [0.2, 0.25) is 0 Å². The van der Waals surface area contributed by atoms with E-state index in [1.165, 1.54) is 28.2 Å². The minimum atomic E-state index is -4.61. The van der Waals surface area contributed by atoms with Crippen molar-refractivity contribution in [1.29, 1.82) is 0 Å². The summed E-state index contributed by atoms with van der Waals surface area (Å²) >= 11 is 0. The molecule has 29 heavy (non-hydrogen) atoms. The summed E-state index contributed by atoms with van der Waals surface area (Å²) in [5.41, 5.74) is -0.841. The van der Waals surface area contributed by atoms with Crippen LogP contribution < -0.4 is 10.2 Å². The summed E-state index contributed by atoms with van der Waals surface area (Å²) in [6.07, 6.45) is -3.21. The number of rotatable bonds is 3. The fourth-order valence-corrected chi connectivity index (χ4v) is 3.02. The van der Waals surface area contributed by atoms with Gasteiger partial charge in [-0.05, 0) is 30.3 Å². The number of urea groups is 1. The third-order valence-corrected chi connectivity index (χ3v) is 4.65. The summed E-state index contributed by atoms with van der Waals surface area (Å²) in [4.78, 5) is 29.2. The number of amides is 3. The third kappa shape index (κ3) is 4.64. The maximum Gasteiger partial charge on any atom is 0.418 e. The maximum absolute atomic E-state index is 13.4. The van der Waals surface area contributed by atoms with Crippen LogP contribution in [0.25, 0.3) is 0 Å². The molecule has 2 aromatic rings. The number of carbonyl (C=O) groups is 2. The second kappa shape index (κ2) is 8.06. The van der Waals surface area contributed by atoms with Gasteiger partial charge in [0.25, 0.3) is 5.91 Å². The Balaban J connectivity index is 1.66. The van der Waals surface area contributed by atoms with Gasteiger partial charge in [0, 0.05) is 46.0 Å². The molecule has 7 nitrogen and oxygen atoms in total. The van der Waals surface area contributed by atoms with Gasteiger partial charge in [-0.3, -0.25) is 4.79 Å². The second-order valence-electron chi connectivity index (χ2n) is 6.81. The Morgan fingerprint density at radius 3 is 2.28 bits per heavy atom. The molecule has 0 saturated carbocycles. The van der Waals surface area contributed by atoms with Crippen LogP contribution >= 0.6 is 0 Å². The molecule has 0 aliphatic carbocycles. The quantitative estimate of drug-likeness (QED) is 0.843. The van der Waals surface area contributed by atoms with Crippen LogP contribution in [0.15, 0.2) is 41.0 Å². The molecule has 2 heterocycles. The van der Waals surface area contributed by atoms with Crippen molar-refractivity contribution < 1.29 is 27.2 Å². The molecule has 156 valence electrons. The molecule has 0 unspecified atom stereocenters. The minimum Gasteiger partial charge on any atom is -0.459 e.